The van der Waals surface area contributed by atoms with Crippen LogP contribution in [0.4, 0.5) is 5.69 Å². The van der Waals surface area contributed by atoms with Gasteiger partial charge in [-0.25, -0.2) is 0 Å². The van der Waals surface area contributed by atoms with Crippen LogP contribution in [0, 0.1) is 23.7 Å². The minimum absolute atomic E-state index is 0.00694. The van der Waals surface area contributed by atoms with Crippen LogP contribution in [0.3, 0.4) is 0 Å². The van der Waals surface area contributed by atoms with Crippen LogP contribution < -0.4 is 19.7 Å². The Kier molecular flexibility index (Phi) is 14.8. The van der Waals surface area contributed by atoms with Crippen molar-refractivity contribution in [2.75, 3.05) is 44.9 Å². The summed E-state index contributed by atoms with van der Waals surface area (Å²) < 4.78 is 9.68. The van der Waals surface area contributed by atoms with Crippen LogP contribution in [0.15, 0.2) is 36.4 Å². The van der Waals surface area contributed by atoms with Gasteiger partial charge in [0.2, 0.25) is 0 Å². The third-order valence-electron chi connectivity index (χ3n) is 10.7. The minimum Gasteiger partial charge on any atom is -0.491 e. The molecule has 2 aliphatic heterocycles. The second-order valence-electron chi connectivity index (χ2n) is 13.8. The third-order valence-corrected chi connectivity index (χ3v) is 12.7. The predicted octanol–water partition coefficient (Wildman–Crippen LogP) is 6.23. The average molecular weight is 702 g/mol. The number of aldehydes is 1. The average Bonchev–Trinajstić information content (AvgIpc) is 3.25. The number of carbonyl (C=O) groups excluding carboxylic acids is 2. The highest BCUT2D eigenvalue weighted by Crippen LogP contribution is 2.45. The maximum Gasteiger partial charge on any atom is 0.260 e. The first-order valence-corrected chi connectivity index (χ1v) is 19.4. The quantitative estimate of drug-likeness (QED) is 0.200. The summed E-state index contributed by atoms with van der Waals surface area (Å²) in [4.78, 5) is 28.2. The lowest BCUT2D eigenvalue weighted by atomic mass is 9.66. The van der Waals surface area contributed by atoms with Crippen molar-refractivity contribution in [1.82, 2.24) is 10.0 Å². The maximum atomic E-state index is 13.4. The van der Waals surface area contributed by atoms with Gasteiger partial charge in [0.1, 0.15) is 12.0 Å². The monoisotopic (exact) mass is 701 g/mol. The summed E-state index contributed by atoms with van der Waals surface area (Å²) in [5, 5.41) is 20.3. The predicted molar refractivity (Wildman–Crippen MR) is 200 cm³/mol. The Hall–Kier alpha value is -2.43. The molecule has 2 aromatic rings. The summed E-state index contributed by atoms with van der Waals surface area (Å²) in [5.41, 5.74) is 4.17. The van der Waals surface area contributed by atoms with E-state index in [1.54, 1.807) is 7.05 Å². The van der Waals surface area contributed by atoms with Gasteiger partial charge < -0.3 is 34.7 Å². The molecule has 1 saturated carbocycles. The summed E-state index contributed by atoms with van der Waals surface area (Å²) in [7, 11) is 1.18. The van der Waals surface area contributed by atoms with E-state index in [4.69, 9.17) is 26.6 Å². The van der Waals surface area contributed by atoms with E-state index < -0.39 is 10.7 Å². The highest BCUT2D eigenvalue weighted by atomic mass is 35.5. The molecular formula is C38H56ClN3O5S. The number of nitrogens with zero attached hydrogens (tertiary/aromatic N) is 1. The van der Waals surface area contributed by atoms with Crippen LogP contribution in [0.2, 0.25) is 5.02 Å². The second-order valence-corrected chi connectivity index (χ2v) is 16.1. The summed E-state index contributed by atoms with van der Waals surface area (Å²) >= 11 is 6.41. The van der Waals surface area contributed by atoms with Gasteiger partial charge in [-0.3, -0.25) is 4.79 Å². The Morgan fingerprint density at radius 3 is 2.52 bits per heavy atom. The van der Waals surface area contributed by atoms with Crippen molar-refractivity contribution in [1.29, 1.82) is 0 Å². The molecule has 7 unspecified atom stereocenters. The fourth-order valence-electron chi connectivity index (χ4n) is 7.21. The van der Waals surface area contributed by atoms with Crippen LogP contribution in [0.5, 0.6) is 5.75 Å². The van der Waals surface area contributed by atoms with Crippen LogP contribution >= 0.6 is 22.3 Å². The molecule has 0 radical (unpaired) electrons. The number of aryl methyl sites for hydroxylation is 1. The molecule has 3 aliphatic rings. The van der Waals surface area contributed by atoms with Crippen LogP contribution in [0.25, 0.3) is 0 Å². The molecule has 1 amide bonds. The fourth-order valence-corrected chi connectivity index (χ4v) is 8.64. The number of anilines is 1. The van der Waals surface area contributed by atoms with Gasteiger partial charge >= 0.3 is 0 Å². The number of aliphatic hydroxyl groups excluding tert-OH is 2. The maximum absolute atomic E-state index is 13.4. The highest BCUT2D eigenvalue weighted by molar-refractivity contribution is 8.13. The van der Waals surface area contributed by atoms with Gasteiger partial charge in [0, 0.05) is 40.8 Å². The lowest BCUT2D eigenvalue weighted by molar-refractivity contribution is -0.115. The summed E-state index contributed by atoms with van der Waals surface area (Å²) in [6.07, 6.45) is 8.51. The zero-order chi connectivity index (χ0) is 34.8. The molecule has 10 heteroatoms. The van der Waals surface area contributed by atoms with Crippen LogP contribution in [-0.2, 0) is 11.2 Å². The largest absolute Gasteiger partial charge is 0.491 e. The Labute approximate surface area is 295 Å². The SMILES string of the molecule is C=S1NC(=O)c2ccc3c(c2)N(CC(c2ccc(Cl)cc2CCC)CO3)CC2CCC2C(C=O)CCCC(C)C1C.CNC(CO)CO. The molecule has 7 atom stereocenters. The number of halogens is 1. The zero-order valence-electron chi connectivity index (χ0n) is 29.1. The number of benzene rings is 2. The Morgan fingerprint density at radius 1 is 1.12 bits per heavy atom. The van der Waals surface area contributed by atoms with Crippen molar-refractivity contribution in [3.8, 4) is 5.75 Å². The molecule has 2 bridgehead atoms. The van der Waals surface area contributed by atoms with Crippen LogP contribution in [-0.4, -0.2) is 79.5 Å². The first-order valence-electron chi connectivity index (χ1n) is 17.6. The van der Waals surface area contributed by atoms with E-state index >= 15 is 0 Å². The Morgan fingerprint density at radius 2 is 1.90 bits per heavy atom. The first kappa shape index (κ1) is 38.4. The number of amides is 1. The zero-order valence-corrected chi connectivity index (χ0v) is 30.7. The first-order chi connectivity index (χ1) is 23.1. The van der Waals surface area contributed by atoms with Crippen molar-refractivity contribution in [3.63, 3.8) is 0 Å². The number of ether oxygens (including phenoxy) is 1. The molecular weight excluding hydrogens is 646 g/mol. The number of hydrogen-bond acceptors (Lipinski definition) is 7. The molecule has 1 fully saturated rings. The number of nitrogens with one attached hydrogen (secondary N) is 2. The standard InChI is InChI=1S/C34H45ClN2O3S.C4H11NO2/c1-5-7-24-16-29(35)12-14-30(24)28-19-37-18-26-10-13-31(26)27(20-38)9-6-8-22(2)23(3)41(4)36-34(39)25-11-15-33(40-21-28)32(37)17-25;1-5-4(2-6)3-7/h11-12,14-17,20,22-23,26-28,31H,4-10,13,18-19,21H2,1-3H3,(H,36,39);4-7H,2-3H2,1H3. The van der Waals surface area contributed by atoms with Gasteiger partial charge in [-0.1, -0.05) is 67.8 Å². The summed E-state index contributed by atoms with van der Waals surface area (Å²) in [6, 6.07) is 11.9. The molecule has 2 aromatic carbocycles. The van der Waals surface area contributed by atoms with Gasteiger partial charge in [0.15, 0.2) is 0 Å². The van der Waals surface area contributed by atoms with Gasteiger partial charge in [-0.2, -0.15) is 0 Å². The molecule has 266 valence electrons. The molecule has 2 heterocycles. The lowest BCUT2D eigenvalue weighted by Gasteiger charge is -2.43. The Balaban J connectivity index is 0.000000671. The van der Waals surface area contributed by atoms with Gasteiger partial charge in [-0.05, 0) is 98.4 Å². The molecule has 1 aliphatic carbocycles. The normalized spacial score (nSPS) is 27.7. The molecule has 4 N–H and O–H groups in total. The van der Waals surface area contributed by atoms with Gasteiger partial charge in [0.25, 0.3) is 5.91 Å². The molecule has 8 nitrogen and oxygen atoms in total. The Bertz CT molecular complexity index is 1380. The third kappa shape index (κ3) is 9.63. The van der Waals surface area contributed by atoms with Crippen molar-refractivity contribution in [2.45, 2.75) is 82.9 Å². The van der Waals surface area contributed by atoms with Crippen molar-refractivity contribution < 1.29 is 24.5 Å². The van der Waals surface area contributed by atoms with E-state index in [0.29, 0.717) is 29.9 Å². The number of fused-ring (bicyclic) bond motifs is 2. The van der Waals surface area contributed by atoms with Gasteiger partial charge in [0.05, 0.1) is 31.5 Å². The molecule has 5 rings (SSSR count). The number of likely N-dealkylation sites (N-methyl/N-ethyl adjacent to an activating group) is 1. The van der Waals surface area contributed by atoms with Crippen molar-refractivity contribution in [3.05, 3.63) is 58.1 Å². The second kappa shape index (κ2) is 18.5. The summed E-state index contributed by atoms with van der Waals surface area (Å²) in [6.45, 7) is 8.82. The van der Waals surface area contributed by atoms with E-state index in [0.717, 1.165) is 74.5 Å². The minimum atomic E-state index is -0.507. The fraction of sp³-hybridized carbons (Fsp3) is 0.605. The number of hydrogen-bond donors (Lipinski definition) is 4. The number of carbonyl (C=O) groups is 2. The summed E-state index contributed by atoms with van der Waals surface area (Å²) in [5.74, 6) is 6.62. The van der Waals surface area contributed by atoms with Crippen molar-refractivity contribution >= 4 is 46.0 Å². The number of aliphatic hydroxyl groups is 2. The van der Waals surface area contributed by atoms with E-state index in [1.165, 1.54) is 17.4 Å². The smallest absolute Gasteiger partial charge is 0.260 e. The van der Waals surface area contributed by atoms with E-state index in [9.17, 15) is 9.59 Å². The molecule has 48 heavy (non-hydrogen) atoms. The highest BCUT2D eigenvalue weighted by Gasteiger charge is 2.39. The van der Waals surface area contributed by atoms with Crippen molar-refractivity contribution in [2.24, 2.45) is 23.7 Å². The van der Waals surface area contributed by atoms with Crippen LogP contribution in [0.1, 0.15) is 86.7 Å². The van der Waals surface area contributed by atoms with E-state index in [-0.39, 0.29) is 42.2 Å². The van der Waals surface area contributed by atoms with E-state index in [2.05, 4.69) is 53.7 Å². The lowest BCUT2D eigenvalue weighted by Crippen LogP contribution is -2.43. The molecule has 0 spiro atoms. The molecule has 0 saturated heterocycles. The topological polar surface area (TPSA) is 111 Å². The number of rotatable bonds is 7. The molecule has 0 aromatic heterocycles. The van der Waals surface area contributed by atoms with E-state index in [1.807, 2.05) is 24.3 Å². The van der Waals surface area contributed by atoms with Gasteiger partial charge in [-0.15, -0.1) is 0 Å².